The van der Waals surface area contributed by atoms with Gasteiger partial charge in [-0.3, -0.25) is 0 Å². The molecule has 1 N–H and O–H groups in total. The third-order valence-electron chi connectivity index (χ3n) is 1.82. The molecule has 0 spiro atoms. The van der Waals surface area contributed by atoms with E-state index in [2.05, 4.69) is 4.74 Å². The van der Waals surface area contributed by atoms with E-state index in [4.69, 9.17) is 9.84 Å². The zero-order chi connectivity index (χ0) is 12.8. The van der Waals surface area contributed by atoms with Gasteiger partial charge in [-0.2, -0.15) is 8.78 Å². The number of carbonyl (C=O) groups is 1. The zero-order valence-corrected chi connectivity index (χ0v) is 8.89. The van der Waals surface area contributed by atoms with Crippen LogP contribution in [0.2, 0.25) is 0 Å². The molecule has 92 valence electrons. The van der Waals surface area contributed by atoms with E-state index in [-0.39, 0.29) is 11.5 Å². The minimum absolute atomic E-state index is 0.102. The molecule has 0 amide bonds. The molecule has 0 bridgehead atoms. The zero-order valence-electron chi connectivity index (χ0n) is 8.89. The van der Waals surface area contributed by atoms with Gasteiger partial charge in [0.05, 0.1) is 7.11 Å². The maximum atomic E-state index is 12.0. The number of halogens is 2. The van der Waals surface area contributed by atoms with Gasteiger partial charge in [-0.1, -0.05) is 6.07 Å². The third-order valence-corrected chi connectivity index (χ3v) is 1.82. The molecule has 0 saturated heterocycles. The first-order chi connectivity index (χ1) is 8.02. The number of rotatable bonds is 5. The number of carboxylic acid groups (broad SMARTS) is 1. The number of ether oxygens (including phenoxy) is 2. The molecule has 0 fully saturated rings. The summed E-state index contributed by atoms with van der Waals surface area (Å²) in [6.07, 6.45) is 2.25. The predicted octanol–water partition coefficient (Wildman–Crippen LogP) is 2.39. The molecular weight excluding hydrogens is 234 g/mol. The van der Waals surface area contributed by atoms with E-state index < -0.39 is 12.6 Å². The molecule has 0 saturated carbocycles. The van der Waals surface area contributed by atoms with E-state index in [0.29, 0.717) is 5.56 Å². The van der Waals surface area contributed by atoms with Gasteiger partial charge in [-0.25, -0.2) is 4.79 Å². The Labute approximate surface area is 96.1 Å². The third kappa shape index (κ3) is 4.10. The lowest BCUT2D eigenvalue weighted by Gasteiger charge is -2.09. The second kappa shape index (κ2) is 5.83. The molecule has 0 aromatic heterocycles. The summed E-state index contributed by atoms with van der Waals surface area (Å²) in [4.78, 5) is 10.3. The minimum Gasteiger partial charge on any atom is -0.493 e. The Balaban J connectivity index is 2.95. The van der Waals surface area contributed by atoms with Gasteiger partial charge < -0.3 is 14.6 Å². The van der Waals surface area contributed by atoms with Gasteiger partial charge in [-0.15, -0.1) is 0 Å². The van der Waals surface area contributed by atoms with Crippen LogP contribution < -0.4 is 9.47 Å². The van der Waals surface area contributed by atoms with Crippen LogP contribution in [0.1, 0.15) is 5.56 Å². The fourth-order valence-corrected chi connectivity index (χ4v) is 1.15. The molecule has 1 aromatic rings. The molecule has 0 aliphatic rings. The number of alkyl halides is 2. The Hall–Kier alpha value is -2.11. The Bertz CT molecular complexity index is 429. The van der Waals surface area contributed by atoms with Crippen molar-refractivity contribution in [1.29, 1.82) is 0 Å². The normalized spacial score (nSPS) is 10.8. The summed E-state index contributed by atoms with van der Waals surface area (Å²) >= 11 is 0. The maximum Gasteiger partial charge on any atom is 0.387 e. The molecule has 17 heavy (non-hydrogen) atoms. The first-order valence-corrected chi connectivity index (χ1v) is 4.57. The molecule has 0 atom stereocenters. The molecule has 1 aromatic carbocycles. The van der Waals surface area contributed by atoms with Crippen molar-refractivity contribution >= 4 is 12.0 Å². The van der Waals surface area contributed by atoms with Gasteiger partial charge in [0.2, 0.25) is 0 Å². The Morgan fingerprint density at radius 1 is 1.41 bits per heavy atom. The highest BCUT2D eigenvalue weighted by Gasteiger charge is 2.10. The second-order valence-electron chi connectivity index (χ2n) is 2.96. The van der Waals surface area contributed by atoms with Crippen molar-refractivity contribution in [1.82, 2.24) is 0 Å². The fourth-order valence-electron chi connectivity index (χ4n) is 1.15. The van der Waals surface area contributed by atoms with Gasteiger partial charge in [0.15, 0.2) is 11.5 Å². The smallest absolute Gasteiger partial charge is 0.387 e. The van der Waals surface area contributed by atoms with Crippen LogP contribution in [0.4, 0.5) is 8.78 Å². The number of carboxylic acids is 1. The molecule has 0 aliphatic heterocycles. The van der Waals surface area contributed by atoms with Gasteiger partial charge >= 0.3 is 12.6 Å². The Morgan fingerprint density at radius 2 is 2.12 bits per heavy atom. The average molecular weight is 244 g/mol. The van der Waals surface area contributed by atoms with Gasteiger partial charge in [0.25, 0.3) is 0 Å². The van der Waals surface area contributed by atoms with Crippen LogP contribution in [-0.4, -0.2) is 24.8 Å². The predicted molar refractivity (Wildman–Crippen MR) is 56.3 cm³/mol. The van der Waals surface area contributed by atoms with E-state index in [1.165, 1.54) is 31.4 Å². The summed E-state index contributed by atoms with van der Waals surface area (Å²) < 4.78 is 33.1. The van der Waals surface area contributed by atoms with Gasteiger partial charge in [0.1, 0.15) is 0 Å². The summed E-state index contributed by atoms with van der Waals surface area (Å²) in [6, 6.07) is 4.13. The fraction of sp³-hybridized carbons (Fsp3) is 0.182. The Morgan fingerprint density at radius 3 is 2.65 bits per heavy atom. The summed E-state index contributed by atoms with van der Waals surface area (Å²) in [5.74, 6) is -1.09. The van der Waals surface area contributed by atoms with Crippen LogP contribution in [0.3, 0.4) is 0 Å². The van der Waals surface area contributed by atoms with E-state index in [9.17, 15) is 13.6 Å². The van der Waals surface area contributed by atoms with Crippen LogP contribution in [0.5, 0.6) is 11.5 Å². The van der Waals surface area contributed by atoms with Gasteiger partial charge in [-0.05, 0) is 23.8 Å². The van der Waals surface area contributed by atoms with Crippen molar-refractivity contribution in [3.8, 4) is 11.5 Å². The highest BCUT2D eigenvalue weighted by Crippen LogP contribution is 2.29. The Kier molecular flexibility index (Phi) is 4.45. The molecule has 0 radical (unpaired) electrons. The van der Waals surface area contributed by atoms with Crippen LogP contribution in [0.25, 0.3) is 6.08 Å². The topological polar surface area (TPSA) is 55.8 Å². The van der Waals surface area contributed by atoms with Crippen LogP contribution in [0.15, 0.2) is 24.3 Å². The SMILES string of the molecule is COc1cc(/C=C/C(=O)O)ccc1OC(F)F. The molecule has 6 heteroatoms. The van der Waals surface area contributed by atoms with Crippen molar-refractivity contribution in [3.63, 3.8) is 0 Å². The first-order valence-electron chi connectivity index (χ1n) is 4.57. The summed E-state index contributed by atoms with van der Waals surface area (Å²) in [6.45, 7) is -2.94. The average Bonchev–Trinajstić information content (AvgIpc) is 2.26. The maximum absolute atomic E-state index is 12.0. The molecule has 1 rings (SSSR count). The highest BCUT2D eigenvalue weighted by molar-refractivity contribution is 5.85. The highest BCUT2D eigenvalue weighted by atomic mass is 19.3. The second-order valence-corrected chi connectivity index (χ2v) is 2.96. The summed E-state index contributed by atoms with van der Waals surface area (Å²) in [5.41, 5.74) is 0.505. The molecule has 0 aliphatic carbocycles. The summed E-state index contributed by atoms with van der Waals surface area (Å²) in [7, 11) is 1.30. The van der Waals surface area contributed by atoms with E-state index >= 15 is 0 Å². The van der Waals surface area contributed by atoms with Crippen LogP contribution in [0, 0.1) is 0 Å². The monoisotopic (exact) mass is 244 g/mol. The van der Waals surface area contributed by atoms with Crippen LogP contribution in [-0.2, 0) is 4.79 Å². The lowest BCUT2D eigenvalue weighted by atomic mass is 10.2. The summed E-state index contributed by atoms with van der Waals surface area (Å²) in [5, 5.41) is 8.43. The molecular formula is C11H10F2O4. The largest absolute Gasteiger partial charge is 0.493 e. The van der Waals surface area contributed by atoms with Crippen molar-refractivity contribution in [2.45, 2.75) is 6.61 Å². The number of methoxy groups -OCH3 is 1. The number of hydrogen-bond acceptors (Lipinski definition) is 3. The van der Waals surface area contributed by atoms with E-state index in [1.54, 1.807) is 0 Å². The minimum atomic E-state index is -2.94. The van der Waals surface area contributed by atoms with E-state index in [0.717, 1.165) is 6.08 Å². The standard InChI is InChI=1S/C11H10F2O4/c1-16-9-6-7(3-5-10(14)15)2-4-8(9)17-11(12)13/h2-6,11H,1H3,(H,14,15)/b5-3+. The van der Waals surface area contributed by atoms with E-state index in [1.807, 2.05) is 0 Å². The lowest BCUT2D eigenvalue weighted by molar-refractivity contribution is -0.131. The number of hydrogen-bond donors (Lipinski definition) is 1. The van der Waals surface area contributed by atoms with Gasteiger partial charge in [0, 0.05) is 6.08 Å². The van der Waals surface area contributed by atoms with Crippen molar-refractivity contribution in [3.05, 3.63) is 29.8 Å². The first kappa shape index (κ1) is 13.0. The molecule has 0 heterocycles. The molecule has 0 unspecified atom stereocenters. The number of benzene rings is 1. The number of aliphatic carboxylic acids is 1. The van der Waals surface area contributed by atoms with Crippen molar-refractivity contribution < 1.29 is 28.2 Å². The molecule has 4 nitrogen and oxygen atoms in total. The van der Waals surface area contributed by atoms with Crippen molar-refractivity contribution in [2.75, 3.05) is 7.11 Å². The quantitative estimate of drug-likeness (QED) is 0.808. The lowest BCUT2D eigenvalue weighted by Crippen LogP contribution is -2.03. The van der Waals surface area contributed by atoms with Crippen molar-refractivity contribution in [2.24, 2.45) is 0 Å². The van der Waals surface area contributed by atoms with Crippen LogP contribution >= 0.6 is 0 Å².